The first kappa shape index (κ1) is 19.1. The van der Waals surface area contributed by atoms with Crippen molar-refractivity contribution in [2.45, 2.75) is 50.1 Å². The van der Waals surface area contributed by atoms with E-state index in [0.717, 1.165) is 64.9 Å². The number of thioether (sulfide) groups is 1. The van der Waals surface area contributed by atoms with Crippen molar-refractivity contribution in [1.29, 1.82) is 0 Å². The SMILES string of the molecule is Clc1cc2nc(SCC3CCCCC3)[nH]c2cc1N1CCN(CC2CC2)CC1. The van der Waals surface area contributed by atoms with Crippen molar-refractivity contribution in [1.82, 2.24) is 14.9 Å². The number of anilines is 1. The third kappa shape index (κ3) is 4.47. The molecule has 1 aromatic heterocycles. The molecule has 0 atom stereocenters. The fourth-order valence-corrected chi connectivity index (χ4v) is 6.04. The van der Waals surface area contributed by atoms with Gasteiger partial charge >= 0.3 is 0 Å². The number of benzene rings is 1. The summed E-state index contributed by atoms with van der Waals surface area (Å²) in [6, 6.07) is 4.26. The van der Waals surface area contributed by atoms with E-state index in [-0.39, 0.29) is 0 Å². The first-order valence-corrected chi connectivity index (χ1v) is 12.4. The van der Waals surface area contributed by atoms with Gasteiger partial charge in [-0.2, -0.15) is 0 Å². The number of hydrogen-bond donors (Lipinski definition) is 1. The van der Waals surface area contributed by atoms with E-state index in [9.17, 15) is 0 Å². The zero-order valence-corrected chi connectivity index (χ0v) is 18.2. The highest BCUT2D eigenvalue weighted by Crippen LogP contribution is 2.34. The second kappa shape index (κ2) is 8.45. The van der Waals surface area contributed by atoms with Crippen molar-refractivity contribution < 1.29 is 0 Å². The first-order valence-electron chi connectivity index (χ1n) is 11.0. The van der Waals surface area contributed by atoms with Crippen molar-refractivity contribution in [3.8, 4) is 0 Å². The Morgan fingerprint density at radius 1 is 1.00 bits per heavy atom. The zero-order valence-electron chi connectivity index (χ0n) is 16.6. The van der Waals surface area contributed by atoms with E-state index in [1.54, 1.807) is 0 Å². The average molecular weight is 419 g/mol. The number of piperazine rings is 1. The zero-order chi connectivity index (χ0) is 18.9. The van der Waals surface area contributed by atoms with Crippen LogP contribution in [-0.4, -0.2) is 53.3 Å². The van der Waals surface area contributed by atoms with Crippen LogP contribution in [0, 0.1) is 11.8 Å². The van der Waals surface area contributed by atoms with Gasteiger partial charge in [0.05, 0.1) is 21.7 Å². The maximum atomic E-state index is 6.66. The lowest BCUT2D eigenvalue weighted by Crippen LogP contribution is -2.47. The largest absolute Gasteiger partial charge is 0.368 e. The Hall–Kier alpha value is -0.910. The first-order chi connectivity index (χ1) is 13.7. The van der Waals surface area contributed by atoms with Crippen LogP contribution >= 0.6 is 23.4 Å². The Morgan fingerprint density at radius 3 is 2.54 bits per heavy atom. The third-order valence-corrected chi connectivity index (χ3v) is 8.04. The number of imidazole rings is 1. The van der Waals surface area contributed by atoms with E-state index in [0.29, 0.717) is 0 Å². The molecule has 1 aromatic carbocycles. The van der Waals surface area contributed by atoms with E-state index in [1.165, 1.54) is 57.2 Å². The highest BCUT2D eigenvalue weighted by Gasteiger charge is 2.27. The van der Waals surface area contributed by atoms with Crippen LogP contribution in [-0.2, 0) is 0 Å². The molecule has 0 unspecified atom stereocenters. The highest BCUT2D eigenvalue weighted by molar-refractivity contribution is 7.99. The van der Waals surface area contributed by atoms with Gasteiger partial charge in [0.15, 0.2) is 5.16 Å². The summed E-state index contributed by atoms with van der Waals surface area (Å²) >= 11 is 8.54. The summed E-state index contributed by atoms with van der Waals surface area (Å²) in [6.07, 6.45) is 9.86. The summed E-state index contributed by atoms with van der Waals surface area (Å²) in [5, 5.41) is 1.88. The fraction of sp³-hybridized carbons (Fsp3) is 0.682. The molecular weight excluding hydrogens is 388 g/mol. The Labute approximate surface area is 177 Å². The summed E-state index contributed by atoms with van der Waals surface area (Å²) in [7, 11) is 0. The number of aromatic nitrogens is 2. The molecule has 0 spiro atoms. The Bertz CT molecular complexity index is 804. The van der Waals surface area contributed by atoms with Crippen LogP contribution in [0.5, 0.6) is 0 Å². The van der Waals surface area contributed by atoms with Crippen molar-refractivity contribution >= 4 is 40.1 Å². The van der Waals surface area contributed by atoms with Crippen LogP contribution < -0.4 is 4.90 Å². The van der Waals surface area contributed by atoms with Gasteiger partial charge < -0.3 is 9.88 Å². The topological polar surface area (TPSA) is 35.2 Å². The van der Waals surface area contributed by atoms with Crippen LogP contribution in [0.25, 0.3) is 11.0 Å². The van der Waals surface area contributed by atoms with Crippen LogP contribution in [0.1, 0.15) is 44.9 Å². The van der Waals surface area contributed by atoms with Gasteiger partial charge in [-0.1, -0.05) is 42.6 Å². The minimum Gasteiger partial charge on any atom is -0.368 e. The van der Waals surface area contributed by atoms with Gasteiger partial charge in [-0.25, -0.2) is 4.98 Å². The molecule has 6 heteroatoms. The van der Waals surface area contributed by atoms with Gasteiger partial charge in [0.1, 0.15) is 0 Å². The number of fused-ring (bicyclic) bond motifs is 1. The Morgan fingerprint density at radius 2 is 1.79 bits per heavy atom. The van der Waals surface area contributed by atoms with Gasteiger partial charge in [-0.3, -0.25) is 4.90 Å². The van der Waals surface area contributed by atoms with Crippen LogP contribution in [0.4, 0.5) is 5.69 Å². The second-order valence-electron chi connectivity index (χ2n) is 8.91. The quantitative estimate of drug-likeness (QED) is 0.635. The molecule has 1 aliphatic heterocycles. The monoisotopic (exact) mass is 418 g/mol. The number of aromatic amines is 1. The van der Waals surface area contributed by atoms with Gasteiger partial charge in [-0.05, 0) is 49.7 Å². The number of H-pyrrole nitrogens is 1. The second-order valence-corrected chi connectivity index (χ2v) is 10.3. The lowest BCUT2D eigenvalue weighted by molar-refractivity contribution is 0.248. The van der Waals surface area contributed by atoms with Gasteiger partial charge in [0, 0.05) is 38.5 Å². The molecule has 1 N–H and O–H groups in total. The fourth-order valence-electron chi connectivity index (χ4n) is 4.69. The summed E-state index contributed by atoms with van der Waals surface area (Å²) < 4.78 is 0. The molecule has 0 amide bonds. The minimum atomic E-state index is 0.832. The molecule has 4 nitrogen and oxygen atoms in total. The van der Waals surface area contributed by atoms with E-state index in [4.69, 9.17) is 16.6 Å². The summed E-state index contributed by atoms with van der Waals surface area (Å²) in [6.45, 7) is 5.72. The lowest BCUT2D eigenvalue weighted by Gasteiger charge is -2.36. The van der Waals surface area contributed by atoms with Crippen molar-refractivity contribution in [3.05, 3.63) is 17.2 Å². The van der Waals surface area contributed by atoms with E-state index in [1.807, 2.05) is 17.8 Å². The summed E-state index contributed by atoms with van der Waals surface area (Å²) in [5.41, 5.74) is 3.27. The average Bonchev–Trinajstić information content (AvgIpc) is 3.45. The molecule has 28 heavy (non-hydrogen) atoms. The number of nitrogens with zero attached hydrogens (tertiary/aromatic N) is 3. The Kier molecular flexibility index (Phi) is 5.76. The molecule has 2 aliphatic carbocycles. The highest BCUT2D eigenvalue weighted by atomic mass is 35.5. The molecule has 0 bridgehead atoms. The molecule has 2 aromatic rings. The molecule has 2 heterocycles. The maximum absolute atomic E-state index is 6.66. The van der Waals surface area contributed by atoms with E-state index in [2.05, 4.69) is 20.9 Å². The molecule has 152 valence electrons. The van der Waals surface area contributed by atoms with Gasteiger partial charge in [-0.15, -0.1) is 0 Å². The molecule has 5 rings (SSSR count). The molecule has 0 radical (unpaired) electrons. The van der Waals surface area contributed by atoms with E-state index < -0.39 is 0 Å². The molecular formula is C22H31ClN4S. The smallest absolute Gasteiger partial charge is 0.166 e. The summed E-state index contributed by atoms with van der Waals surface area (Å²) in [5.74, 6) is 3.02. The predicted molar refractivity (Wildman–Crippen MR) is 120 cm³/mol. The van der Waals surface area contributed by atoms with Crippen molar-refractivity contribution in [3.63, 3.8) is 0 Å². The number of rotatable bonds is 6. The lowest BCUT2D eigenvalue weighted by atomic mass is 9.91. The molecule has 3 fully saturated rings. The molecule has 2 saturated carbocycles. The summed E-state index contributed by atoms with van der Waals surface area (Å²) in [4.78, 5) is 13.4. The Balaban J connectivity index is 1.24. The number of hydrogen-bond acceptors (Lipinski definition) is 4. The normalized spacial score (nSPS) is 22.2. The predicted octanol–water partition coefficient (Wildman–Crippen LogP) is 5.42. The standard InChI is InChI=1S/C22H31ClN4S/c23-18-12-19-20(25-22(24-19)28-15-17-4-2-1-3-5-17)13-21(18)27-10-8-26(9-11-27)14-16-6-7-16/h12-13,16-17H,1-11,14-15H2,(H,24,25). The van der Waals surface area contributed by atoms with Crippen LogP contribution in [0.15, 0.2) is 17.3 Å². The van der Waals surface area contributed by atoms with Gasteiger partial charge in [0.25, 0.3) is 0 Å². The van der Waals surface area contributed by atoms with Crippen molar-refractivity contribution in [2.75, 3.05) is 43.4 Å². The molecule has 1 saturated heterocycles. The van der Waals surface area contributed by atoms with Crippen LogP contribution in [0.3, 0.4) is 0 Å². The number of halogens is 1. The number of nitrogens with one attached hydrogen (secondary N) is 1. The minimum absolute atomic E-state index is 0.832. The van der Waals surface area contributed by atoms with Crippen LogP contribution in [0.2, 0.25) is 5.02 Å². The maximum Gasteiger partial charge on any atom is 0.166 e. The van der Waals surface area contributed by atoms with E-state index >= 15 is 0 Å². The third-order valence-electron chi connectivity index (χ3n) is 6.64. The van der Waals surface area contributed by atoms with Crippen molar-refractivity contribution in [2.24, 2.45) is 11.8 Å². The molecule has 3 aliphatic rings. The van der Waals surface area contributed by atoms with Gasteiger partial charge in [0.2, 0.25) is 0 Å².